The summed E-state index contributed by atoms with van der Waals surface area (Å²) in [5, 5.41) is 12.5. The van der Waals surface area contributed by atoms with E-state index in [9.17, 15) is 0 Å². The summed E-state index contributed by atoms with van der Waals surface area (Å²) in [7, 11) is 0. The van der Waals surface area contributed by atoms with Crippen LogP contribution in [0, 0.1) is 0 Å². The van der Waals surface area contributed by atoms with Gasteiger partial charge in [0.1, 0.15) is 0 Å². The minimum atomic E-state index is 0.728. The third-order valence-electron chi connectivity index (χ3n) is 3.98. The van der Waals surface area contributed by atoms with Crippen LogP contribution in [0.5, 0.6) is 0 Å². The van der Waals surface area contributed by atoms with E-state index in [0.717, 1.165) is 12.6 Å². The molecule has 1 N–H and O–H groups in total. The molecule has 106 valence electrons. The van der Waals surface area contributed by atoms with Gasteiger partial charge in [0.15, 0.2) is 0 Å². The fourth-order valence-electron chi connectivity index (χ4n) is 2.87. The number of rotatable bonds is 5. The van der Waals surface area contributed by atoms with Gasteiger partial charge in [0, 0.05) is 12.6 Å². The Labute approximate surface area is 129 Å². The van der Waals surface area contributed by atoms with E-state index >= 15 is 0 Å². The van der Waals surface area contributed by atoms with Gasteiger partial charge in [0.25, 0.3) is 0 Å². The molecule has 0 unspecified atom stereocenters. The summed E-state index contributed by atoms with van der Waals surface area (Å²) in [6.45, 7) is 0.978. The Bertz CT molecular complexity index is 483. The number of hydrogen-bond donors (Lipinski definition) is 1. The third kappa shape index (κ3) is 3.60. The molecule has 1 nitrogen and oxygen atoms in total. The summed E-state index contributed by atoms with van der Waals surface area (Å²) in [6.07, 6.45) is 9.26. The molecule has 1 aliphatic carbocycles. The molecule has 2 aromatic heterocycles. The number of nitrogens with one attached hydrogen (secondary N) is 1. The standard InChI is InChI=1S/C17H21NS2/c1-2-4-16(5-3-1)18-9-6-17(14-7-10-19-12-14)15-8-11-20-13-15/h6-8,10-13,16,18H,1-5,9H2. The molecule has 0 aliphatic heterocycles. The van der Waals surface area contributed by atoms with Crippen molar-refractivity contribution in [2.75, 3.05) is 6.54 Å². The fraction of sp³-hybridized carbons (Fsp3) is 0.412. The van der Waals surface area contributed by atoms with Crippen LogP contribution >= 0.6 is 22.7 Å². The Kier molecular flexibility index (Phi) is 5.06. The predicted octanol–water partition coefficient (Wildman–Crippen LogP) is 5.16. The van der Waals surface area contributed by atoms with Gasteiger partial charge < -0.3 is 5.32 Å². The first-order valence-electron chi connectivity index (χ1n) is 7.42. The lowest BCUT2D eigenvalue weighted by molar-refractivity contribution is 0.385. The predicted molar refractivity (Wildman–Crippen MR) is 90.6 cm³/mol. The van der Waals surface area contributed by atoms with Gasteiger partial charge in [-0.05, 0) is 63.2 Å². The number of hydrogen-bond acceptors (Lipinski definition) is 3. The molecule has 0 aromatic carbocycles. The summed E-state index contributed by atoms with van der Waals surface area (Å²) >= 11 is 3.54. The molecule has 0 bridgehead atoms. The molecule has 1 saturated carbocycles. The van der Waals surface area contributed by atoms with Crippen molar-refractivity contribution in [1.82, 2.24) is 5.32 Å². The highest BCUT2D eigenvalue weighted by Gasteiger charge is 2.12. The van der Waals surface area contributed by atoms with Crippen LogP contribution in [0.4, 0.5) is 0 Å². The summed E-state index contributed by atoms with van der Waals surface area (Å²) < 4.78 is 0. The monoisotopic (exact) mass is 303 g/mol. The van der Waals surface area contributed by atoms with Crippen molar-refractivity contribution in [3.63, 3.8) is 0 Å². The van der Waals surface area contributed by atoms with E-state index in [2.05, 4.69) is 45.0 Å². The normalized spacial score (nSPS) is 16.2. The highest BCUT2D eigenvalue weighted by Crippen LogP contribution is 2.27. The first kappa shape index (κ1) is 14.1. The summed E-state index contributed by atoms with van der Waals surface area (Å²) in [5.74, 6) is 0. The average Bonchev–Trinajstić information content (AvgIpc) is 3.18. The molecule has 1 aliphatic rings. The second-order valence-corrected chi connectivity index (χ2v) is 6.95. The second kappa shape index (κ2) is 7.21. The van der Waals surface area contributed by atoms with Crippen molar-refractivity contribution in [1.29, 1.82) is 0 Å². The highest BCUT2D eigenvalue weighted by molar-refractivity contribution is 7.08. The van der Waals surface area contributed by atoms with Crippen LogP contribution in [0.15, 0.2) is 39.7 Å². The maximum Gasteiger partial charge on any atom is 0.0146 e. The maximum atomic E-state index is 3.71. The Hall–Kier alpha value is -0.900. The SMILES string of the molecule is C(CNC1CCCCC1)=C(c1ccsc1)c1ccsc1. The van der Waals surface area contributed by atoms with E-state index in [-0.39, 0.29) is 0 Å². The van der Waals surface area contributed by atoms with Gasteiger partial charge in [-0.25, -0.2) is 0 Å². The molecule has 1 fully saturated rings. The van der Waals surface area contributed by atoms with E-state index in [1.54, 1.807) is 22.7 Å². The van der Waals surface area contributed by atoms with Gasteiger partial charge in [0.2, 0.25) is 0 Å². The van der Waals surface area contributed by atoms with Crippen LogP contribution in [-0.2, 0) is 0 Å². The lowest BCUT2D eigenvalue weighted by Gasteiger charge is -2.22. The first-order chi connectivity index (χ1) is 9.93. The zero-order valence-corrected chi connectivity index (χ0v) is 13.3. The van der Waals surface area contributed by atoms with E-state index in [1.807, 2.05) is 0 Å². The summed E-state index contributed by atoms with van der Waals surface area (Å²) in [6, 6.07) is 5.16. The van der Waals surface area contributed by atoms with E-state index in [4.69, 9.17) is 0 Å². The van der Waals surface area contributed by atoms with Crippen molar-refractivity contribution >= 4 is 28.2 Å². The number of thiophene rings is 2. The molecular formula is C17H21NS2. The Morgan fingerprint density at radius 1 is 1.05 bits per heavy atom. The first-order valence-corrected chi connectivity index (χ1v) is 9.31. The van der Waals surface area contributed by atoms with Crippen LogP contribution in [0.2, 0.25) is 0 Å². The van der Waals surface area contributed by atoms with Gasteiger partial charge in [-0.15, -0.1) is 0 Å². The Morgan fingerprint density at radius 2 is 1.70 bits per heavy atom. The molecule has 0 amide bonds. The Balaban J connectivity index is 1.68. The lowest BCUT2D eigenvalue weighted by atomic mass is 9.95. The molecular weight excluding hydrogens is 282 g/mol. The van der Waals surface area contributed by atoms with Gasteiger partial charge in [-0.3, -0.25) is 0 Å². The van der Waals surface area contributed by atoms with Crippen LogP contribution in [-0.4, -0.2) is 12.6 Å². The molecule has 3 heteroatoms. The van der Waals surface area contributed by atoms with Crippen LogP contribution in [0.1, 0.15) is 43.2 Å². The van der Waals surface area contributed by atoms with Gasteiger partial charge in [-0.1, -0.05) is 25.3 Å². The molecule has 20 heavy (non-hydrogen) atoms. The maximum absolute atomic E-state index is 3.71. The van der Waals surface area contributed by atoms with Gasteiger partial charge in [0.05, 0.1) is 0 Å². The smallest absolute Gasteiger partial charge is 0.0146 e. The van der Waals surface area contributed by atoms with Gasteiger partial charge in [-0.2, -0.15) is 22.7 Å². The van der Waals surface area contributed by atoms with E-state index < -0.39 is 0 Å². The minimum absolute atomic E-state index is 0.728. The molecule has 2 aromatic rings. The van der Waals surface area contributed by atoms with Crippen molar-refractivity contribution in [3.05, 3.63) is 50.9 Å². The quantitative estimate of drug-likeness (QED) is 0.804. The highest BCUT2D eigenvalue weighted by atomic mass is 32.1. The summed E-state index contributed by atoms with van der Waals surface area (Å²) in [4.78, 5) is 0. The van der Waals surface area contributed by atoms with Crippen LogP contribution in [0.25, 0.3) is 5.57 Å². The molecule has 3 rings (SSSR count). The molecule has 0 radical (unpaired) electrons. The van der Waals surface area contributed by atoms with E-state index in [1.165, 1.54) is 48.8 Å². The molecule has 0 atom stereocenters. The van der Waals surface area contributed by atoms with Crippen LogP contribution < -0.4 is 5.32 Å². The molecule has 2 heterocycles. The minimum Gasteiger partial charge on any atom is -0.310 e. The van der Waals surface area contributed by atoms with Gasteiger partial charge >= 0.3 is 0 Å². The molecule has 0 saturated heterocycles. The van der Waals surface area contributed by atoms with Crippen molar-refractivity contribution in [3.8, 4) is 0 Å². The fourth-order valence-corrected chi connectivity index (χ4v) is 4.18. The zero-order chi connectivity index (χ0) is 13.6. The third-order valence-corrected chi connectivity index (χ3v) is 5.35. The van der Waals surface area contributed by atoms with Crippen molar-refractivity contribution < 1.29 is 0 Å². The van der Waals surface area contributed by atoms with E-state index in [0.29, 0.717) is 0 Å². The summed E-state index contributed by atoms with van der Waals surface area (Å²) in [5.41, 5.74) is 4.06. The van der Waals surface area contributed by atoms with Crippen molar-refractivity contribution in [2.24, 2.45) is 0 Å². The molecule has 0 spiro atoms. The van der Waals surface area contributed by atoms with Crippen LogP contribution in [0.3, 0.4) is 0 Å². The topological polar surface area (TPSA) is 12.0 Å². The van der Waals surface area contributed by atoms with Crippen molar-refractivity contribution in [2.45, 2.75) is 38.1 Å². The zero-order valence-electron chi connectivity index (χ0n) is 11.7. The Morgan fingerprint density at radius 3 is 2.25 bits per heavy atom. The second-order valence-electron chi connectivity index (χ2n) is 5.39. The largest absolute Gasteiger partial charge is 0.310 e. The lowest BCUT2D eigenvalue weighted by Crippen LogP contribution is -2.31. The average molecular weight is 303 g/mol.